The summed E-state index contributed by atoms with van der Waals surface area (Å²) in [6.45, 7) is 8.34. The number of fused-ring (bicyclic) bond motifs is 6. The first-order valence-electron chi connectivity index (χ1n) is 9.17. The van der Waals surface area contributed by atoms with Gasteiger partial charge in [0, 0.05) is 17.6 Å². The summed E-state index contributed by atoms with van der Waals surface area (Å²) in [5.74, 6) is -1.55. The van der Waals surface area contributed by atoms with Crippen LogP contribution >= 0.6 is 0 Å². The zero-order valence-corrected chi connectivity index (χ0v) is 15.1. The first-order chi connectivity index (χ1) is 11.2. The van der Waals surface area contributed by atoms with Crippen LogP contribution in [0, 0.1) is 11.3 Å². The molecule has 0 aromatic carbocycles. The minimum Gasteiger partial charge on any atom is -0.425 e. The highest BCUT2D eigenvalue weighted by molar-refractivity contribution is 5.92. The van der Waals surface area contributed by atoms with E-state index < -0.39 is 5.79 Å². The van der Waals surface area contributed by atoms with Crippen LogP contribution in [-0.2, 0) is 14.3 Å². The van der Waals surface area contributed by atoms with Gasteiger partial charge >= 0.3 is 5.97 Å². The number of rotatable bonds is 0. The lowest BCUT2D eigenvalue weighted by Gasteiger charge is -2.43. The van der Waals surface area contributed by atoms with Crippen molar-refractivity contribution in [3.63, 3.8) is 0 Å². The maximum atomic E-state index is 12.2. The molecule has 2 bridgehead atoms. The van der Waals surface area contributed by atoms with Gasteiger partial charge in [-0.05, 0) is 64.2 Å². The molecule has 24 heavy (non-hydrogen) atoms. The van der Waals surface area contributed by atoms with Crippen LogP contribution in [0.25, 0.3) is 0 Å². The highest BCUT2D eigenvalue weighted by atomic mass is 16.7. The molecular weight excluding hydrogens is 304 g/mol. The van der Waals surface area contributed by atoms with Crippen LogP contribution in [0.4, 0.5) is 0 Å². The second kappa shape index (κ2) is 4.95. The van der Waals surface area contributed by atoms with Gasteiger partial charge in [-0.2, -0.15) is 0 Å². The van der Waals surface area contributed by atoms with E-state index in [9.17, 15) is 9.90 Å². The van der Waals surface area contributed by atoms with Gasteiger partial charge < -0.3 is 14.6 Å². The van der Waals surface area contributed by atoms with Crippen molar-refractivity contribution in [2.45, 2.75) is 83.7 Å². The Morgan fingerprint density at radius 1 is 1.25 bits per heavy atom. The fourth-order valence-corrected chi connectivity index (χ4v) is 5.73. The third kappa shape index (κ3) is 2.08. The molecule has 4 rings (SSSR count). The SMILES string of the molecule is CC1=C2C[C@@H]3[C@@](C)(CC/C=C(/C)C[C@@]2(O)OC1=O)[C@@H]1CC[C@@]3(C)O1. The number of allylic oxidation sites excluding steroid dienone is 1. The molecule has 2 fully saturated rings. The molecule has 0 radical (unpaired) electrons. The highest BCUT2D eigenvalue weighted by Crippen LogP contribution is 2.62. The van der Waals surface area contributed by atoms with Crippen LogP contribution in [0.5, 0.6) is 0 Å². The zero-order valence-electron chi connectivity index (χ0n) is 15.1. The third-order valence-electron chi connectivity index (χ3n) is 7.18. The van der Waals surface area contributed by atoms with E-state index in [-0.39, 0.29) is 23.1 Å². The zero-order chi connectivity index (χ0) is 17.3. The van der Waals surface area contributed by atoms with Gasteiger partial charge in [-0.25, -0.2) is 4.79 Å². The molecule has 0 aromatic heterocycles. The smallest absolute Gasteiger partial charge is 0.336 e. The molecule has 1 aliphatic carbocycles. The number of hydrogen-bond donors (Lipinski definition) is 1. The number of aliphatic hydroxyl groups is 1. The van der Waals surface area contributed by atoms with E-state index in [2.05, 4.69) is 19.9 Å². The summed E-state index contributed by atoms with van der Waals surface area (Å²) in [7, 11) is 0. The summed E-state index contributed by atoms with van der Waals surface area (Å²) in [6, 6.07) is 0. The van der Waals surface area contributed by atoms with E-state index in [0.29, 0.717) is 24.3 Å². The summed E-state index contributed by atoms with van der Waals surface area (Å²) in [4.78, 5) is 12.2. The Balaban J connectivity index is 1.82. The molecule has 2 saturated heterocycles. The van der Waals surface area contributed by atoms with Crippen molar-refractivity contribution < 1.29 is 19.4 Å². The van der Waals surface area contributed by atoms with Crippen molar-refractivity contribution in [2.75, 3.05) is 0 Å². The van der Waals surface area contributed by atoms with Gasteiger partial charge in [0.2, 0.25) is 5.79 Å². The number of ether oxygens (including phenoxy) is 2. The lowest BCUT2D eigenvalue weighted by Crippen LogP contribution is -2.44. The molecule has 0 spiro atoms. The number of carbonyl (C=O) groups excluding carboxylic acids is 1. The number of esters is 1. The van der Waals surface area contributed by atoms with E-state index in [1.54, 1.807) is 6.92 Å². The van der Waals surface area contributed by atoms with Gasteiger partial charge in [-0.1, -0.05) is 18.6 Å². The average Bonchev–Trinajstić information content (AvgIpc) is 3.03. The molecule has 4 heteroatoms. The van der Waals surface area contributed by atoms with Crippen molar-refractivity contribution in [1.29, 1.82) is 0 Å². The first-order valence-corrected chi connectivity index (χ1v) is 9.17. The minimum absolute atomic E-state index is 0.0843. The Morgan fingerprint density at radius 2 is 2.00 bits per heavy atom. The van der Waals surface area contributed by atoms with Crippen LogP contribution in [0.1, 0.15) is 66.2 Å². The molecule has 3 aliphatic heterocycles. The quantitative estimate of drug-likeness (QED) is 0.543. The normalized spacial score (nSPS) is 50.2. The van der Waals surface area contributed by atoms with E-state index in [0.717, 1.165) is 36.8 Å². The Morgan fingerprint density at radius 3 is 2.75 bits per heavy atom. The van der Waals surface area contributed by atoms with Crippen molar-refractivity contribution in [1.82, 2.24) is 0 Å². The minimum atomic E-state index is -1.47. The average molecular weight is 332 g/mol. The molecule has 0 aromatic rings. The van der Waals surface area contributed by atoms with Crippen molar-refractivity contribution in [2.24, 2.45) is 11.3 Å². The predicted octanol–water partition coefficient (Wildman–Crippen LogP) is 3.64. The number of hydrogen-bond acceptors (Lipinski definition) is 4. The maximum Gasteiger partial charge on any atom is 0.336 e. The van der Waals surface area contributed by atoms with Gasteiger partial charge in [0.1, 0.15) is 0 Å². The Labute approximate surface area is 143 Å². The molecule has 1 N–H and O–H groups in total. The monoisotopic (exact) mass is 332 g/mol. The summed E-state index contributed by atoms with van der Waals surface area (Å²) >= 11 is 0. The molecular formula is C20H28O4. The van der Waals surface area contributed by atoms with Crippen LogP contribution in [0.2, 0.25) is 0 Å². The molecule has 132 valence electrons. The van der Waals surface area contributed by atoms with Gasteiger partial charge in [0.15, 0.2) is 0 Å². The van der Waals surface area contributed by atoms with Crippen LogP contribution in [0.3, 0.4) is 0 Å². The fraction of sp³-hybridized carbons (Fsp3) is 0.750. The first kappa shape index (κ1) is 16.3. The van der Waals surface area contributed by atoms with Crippen molar-refractivity contribution >= 4 is 5.97 Å². The van der Waals surface area contributed by atoms with Crippen LogP contribution in [0.15, 0.2) is 22.8 Å². The van der Waals surface area contributed by atoms with Gasteiger partial charge in [-0.3, -0.25) is 0 Å². The van der Waals surface area contributed by atoms with Crippen molar-refractivity contribution in [3.8, 4) is 0 Å². The van der Waals surface area contributed by atoms with Crippen molar-refractivity contribution in [3.05, 3.63) is 22.8 Å². The maximum absolute atomic E-state index is 12.2. The van der Waals surface area contributed by atoms with Crippen LogP contribution < -0.4 is 0 Å². The highest BCUT2D eigenvalue weighted by Gasteiger charge is 2.63. The fourth-order valence-electron chi connectivity index (χ4n) is 5.73. The molecule has 0 unspecified atom stereocenters. The van der Waals surface area contributed by atoms with E-state index in [1.165, 1.54) is 0 Å². The number of carbonyl (C=O) groups is 1. The van der Waals surface area contributed by atoms with Gasteiger partial charge in [0.05, 0.1) is 11.7 Å². The molecule has 4 aliphatic rings. The molecule has 3 heterocycles. The third-order valence-corrected chi connectivity index (χ3v) is 7.18. The lowest BCUT2D eigenvalue weighted by molar-refractivity contribution is -0.182. The summed E-state index contributed by atoms with van der Waals surface area (Å²) in [5.41, 5.74) is 2.36. The second-order valence-electron chi connectivity index (χ2n) is 8.76. The summed E-state index contributed by atoms with van der Waals surface area (Å²) in [6.07, 6.45) is 7.79. The summed E-state index contributed by atoms with van der Waals surface area (Å²) in [5, 5.41) is 11.1. The largest absolute Gasteiger partial charge is 0.425 e. The van der Waals surface area contributed by atoms with E-state index in [4.69, 9.17) is 9.47 Å². The molecule has 0 amide bonds. The molecule has 5 atom stereocenters. The van der Waals surface area contributed by atoms with E-state index >= 15 is 0 Å². The molecule has 4 nitrogen and oxygen atoms in total. The van der Waals surface area contributed by atoms with E-state index in [1.807, 2.05) is 6.92 Å². The second-order valence-corrected chi connectivity index (χ2v) is 8.76. The lowest BCUT2D eigenvalue weighted by atomic mass is 9.58. The van der Waals surface area contributed by atoms with Gasteiger partial charge in [0.25, 0.3) is 0 Å². The standard InChI is InChI=1S/C20H28O4/c1-12-6-5-8-18(3)15(19(4)9-7-16(18)23-19)10-14-13(2)17(21)24-20(14,22)11-12/h6,15-16,22H,5,7-11H2,1-4H3/b12-6-/t15-,16+,18-,19-,20-/m1/s1. The van der Waals surface area contributed by atoms with Gasteiger partial charge in [-0.15, -0.1) is 0 Å². The molecule has 0 saturated carbocycles. The van der Waals surface area contributed by atoms with Crippen LogP contribution in [-0.4, -0.2) is 28.6 Å². The predicted molar refractivity (Wildman–Crippen MR) is 90.1 cm³/mol. The Bertz CT molecular complexity index is 663. The Hall–Kier alpha value is -1.13. The topological polar surface area (TPSA) is 55.8 Å². The summed E-state index contributed by atoms with van der Waals surface area (Å²) < 4.78 is 11.8. The Kier molecular flexibility index (Phi) is 3.37.